The van der Waals surface area contributed by atoms with Gasteiger partial charge in [-0.2, -0.15) is 9.61 Å². The quantitative estimate of drug-likeness (QED) is 0.676. The van der Waals surface area contributed by atoms with Gasteiger partial charge in [0, 0.05) is 26.2 Å². The first-order chi connectivity index (χ1) is 13.7. The minimum absolute atomic E-state index is 0.104. The van der Waals surface area contributed by atoms with Gasteiger partial charge in [-0.15, -0.1) is 0 Å². The first-order valence-electron chi connectivity index (χ1n) is 9.36. The van der Waals surface area contributed by atoms with Crippen molar-refractivity contribution in [2.75, 3.05) is 46.9 Å². The lowest BCUT2D eigenvalue weighted by Crippen LogP contribution is -2.47. The molecule has 0 bridgehead atoms. The summed E-state index contributed by atoms with van der Waals surface area (Å²) in [5.41, 5.74) is 1.04. The Morgan fingerprint density at radius 3 is 2.54 bits per heavy atom. The third-order valence-corrected chi connectivity index (χ3v) is 6.42. The monoisotopic (exact) mass is 403 g/mol. The van der Waals surface area contributed by atoms with E-state index in [0.717, 1.165) is 43.2 Å². The van der Waals surface area contributed by atoms with Gasteiger partial charge < -0.3 is 19.5 Å². The fourth-order valence-corrected chi connectivity index (χ4v) is 4.85. The van der Waals surface area contributed by atoms with Crippen molar-refractivity contribution in [3.05, 3.63) is 35.0 Å². The number of benzene rings is 1. The van der Waals surface area contributed by atoms with E-state index >= 15 is 0 Å². The van der Waals surface area contributed by atoms with Crippen molar-refractivity contribution in [2.45, 2.75) is 13.0 Å². The molecule has 0 amide bonds. The second-order valence-corrected chi connectivity index (χ2v) is 7.74. The summed E-state index contributed by atoms with van der Waals surface area (Å²) in [6, 6.07) is 5.84. The second-order valence-electron chi connectivity index (χ2n) is 6.73. The number of hydrogen-bond acceptors (Lipinski definition) is 8. The van der Waals surface area contributed by atoms with Gasteiger partial charge in [0.2, 0.25) is 10.8 Å². The molecule has 1 N–H and O–H groups in total. The Bertz CT molecular complexity index is 948. The Labute approximate surface area is 167 Å². The number of likely N-dealkylation sites (N-methyl/N-ethyl adjacent to an activating group) is 1. The van der Waals surface area contributed by atoms with E-state index in [1.165, 1.54) is 22.2 Å². The summed E-state index contributed by atoms with van der Waals surface area (Å²) < 4.78 is 12.4. The topological polar surface area (TPSA) is 75.4 Å². The number of rotatable bonds is 6. The molecular formula is C19H25N5O3S. The Morgan fingerprint density at radius 2 is 1.89 bits per heavy atom. The van der Waals surface area contributed by atoms with Gasteiger partial charge in [-0.3, -0.25) is 4.90 Å². The van der Waals surface area contributed by atoms with E-state index in [4.69, 9.17) is 9.47 Å². The maximum Gasteiger partial charge on any atom is 0.230 e. The van der Waals surface area contributed by atoms with Gasteiger partial charge >= 0.3 is 0 Å². The molecule has 1 saturated heterocycles. The minimum atomic E-state index is -0.104. The number of thiazole rings is 1. The number of aromatic hydroxyl groups is 1. The third kappa shape index (κ3) is 3.30. The zero-order valence-corrected chi connectivity index (χ0v) is 17.1. The van der Waals surface area contributed by atoms with Crippen LogP contribution in [-0.4, -0.2) is 76.4 Å². The van der Waals surface area contributed by atoms with Crippen LogP contribution < -0.4 is 9.47 Å². The van der Waals surface area contributed by atoms with Crippen molar-refractivity contribution in [3.63, 3.8) is 0 Å². The number of methoxy groups -OCH3 is 2. The zero-order valence-electron chi connectivity index (χ0n) is 16.3. The van der Waals surface area contributed by atoms with Crippen molar-refractivity contribution < 1.29 is 14.6 Å². The lowest BCUT2D eigenvalue weighted by Gasteiger charge is -2.38. The number of nitrogens with zero attached hydrogens (tertiary/aromatic N) is 5. The highest BCUT2D eigenvalue weighted by atomic mass is 32.1. The van der Waals surface area contributed by atoms with Crippen molar-refractivity contribution >= 4 is 16.3 Å². The van der Waals surface area contributed by atoms with Crippen LogP contribution in [0.1, 0.15) is 23.4 Å². The van der Waals surface area contributed by atoms with Crippen LogP contribution in [0.25, 0.3) is 4.96 Å². The predicted octanol–water partition coefficient (Wildman–Crippen LogP) is 2.24. The number of aromatic nitrogens is 3. The summed E-state index contributed by atoms with van der Waals surface area (Å²) in [5, 5.41) is 15.0. The number of hydrogen-bond donors (Lipinski definition) is 1. The number of fused-ring (bicyclic) bond motifs is 1. The van der Waals surface area contributed by atoms with Gasteiger partial charge in [-0.1, -0.05) is 24.3 Å². The van der Waals surface area contributed by atoms with Crippen molar-refractivity contribution in [1.82, 2.24) is 24.4 Å². The molecule has 0 spiro atoms. The Hall–Kier alpha value is -2.36. The summed E-state index contributed by atoms with van der Waals surface area (Å²) >= 11 is 1.47. The lowest BCUT2D eigenvalue weighted by atomic mass is 10.0. The van der Waals surface area contributed by atoms with Crippen molar-refractivity contribution in [2.24, 2.45) is 0 Å². The highest BCUT2D eigenvalue weighted by Gasteiger charge is 2.31. The molecule has 150 valence electrons. The number of ether oxygens (including phenoxy) is 2. The van der Waals surface area contributed by atoms with E-state index in [-0.39, 0.29) is 11.9 Å². The van der Waals surface area contributed by atoms with Gasteiger partial charge in [0.25, 0.3) is 0 Å². The average Bonchev–Trinajstić information content (AvgIpc) is 3.32. The molecule has 8 nitrogen and oxygen atoms in total. The highest BCUT2D eigenvalue weighted by Crippen LogP contribution is 2.42. The van der Waals surface area contributed by atoms with E-state index < -0.39 is 0 Å². The molecule has 0 aliphatic carbocycles. The summed E-state index contributed by atoms with van der Waals surface area (Å²) in [5.74, 6) is 1.51. The molecule has 0 saturated carbocycles. The van der Waals surface area contributed by atoms with Gasteiger partial charge in [0.1, 0.15) is 6.33 Å². The molecule has 2 aromatic heterocycles. The van der Waals surface area contributed by atoms with E-state index in [1.54, 1.807) is 14.2 Å². The van der Waals surface area contributed by atoms with E-state index in [0.29, 0.717) is 16.5 Å². The maximum atomic E-state index is 10.8. The van der Waals surface area contributed by atoms with Crippen LogP contribution in [0.2, 0.25) is 0 Å². The fourth-order valence-electron chi connectivity index (χ4n) is 3.76. The van der Waals surface area contributed by atoms with Gasteiger partial charge in [-0.25, -0.2) is 4.98 Å². The third-order valence-electron chi connectivity index (χ3n) is 5.33. The summed E-state index contributed by atoms with van der Waals surface area (Å²) in [4.78, 5) is 10.6. The van der Waals surface area contributed by atoms with Gasteiger partial charge in [0.15, 0.2) is 11.5 Å². The zero-order chi connectivity index (χ0) is 19.7. The fraction of sp³-hybridized carbons (Fsp3) is 0.474. The van der Waals surface area contributed by atoms with Crippen LogP contribution in [0.3, 0.4) is 0 Å². The summed E-state index contributed by atoms with van der Waals surface area (Å²) in [6.45, 7) is 7.08. The molecule has 3 aromatic rings. The standard InChI is InChI=1S/C19H25N5O3S/c1-4-22-7-9-23(10-8-22)16(13-5-6-14(26-2)15(11-13)27-3)17-18(25)24-19(28-17)20-12-21-24/h5-6,11-12,16,25H,4,7-10H2,1-3H3/t16-/m0/s1. The lowest BCUT2D eigenvalue weighted by molar-refractivity contribution is 0.113. The minimum Gasteiger partial charge on any atom is -0.493 e. The molecule has 1 fully saturated rings. The smallest absolute Gasteiger partial charge is 0.230 e. The second kappa shape index (κ2) is 7.94. The first-order valence-corrected chi connectivity index (χ1v) is 10.2. The highest BCUT2D eigenvalue weighted by molar-refractivity contribution is 7.17. The molecule has 3 heterocycles. The van der Waals surface area contributed by atoms with Crippen LogP contribution in [0.4, 0.5) is 0 Å². The predicted molar refractivity (Wildman–Crippen MR) is 108 cm³/mol. The van der Waals surface area contributed by atoms with E-state index in [1.807, 2.05) is 18.2 Å². The average molecular weight is 404 g/mol. The molecule has 28 heavy (non-hydrogen) atoms. The maximum absolute atomic E-state index is 10.8. The van der Waals surface area contributed by atoms with Crippen LogP contribution >= 0.6 is 11.3 Å². The van der Waals surface area contributed by atoms with Crippen LogP contribution in [0, 0.1) is 0 Å². The van der Waals surface area contributed by atoms with Crippen LogP contribution in [-0.2, 0) is 0 Å². The van der Waals surface area contributed by atoms with Crippen molar-refractivity contribution in [1.29, 1.82) is 0 Å². The van der Waals surface area contributed by atoms with E-state index in [9.17, 15) is 5.11 Å². The molecule has 1 aliphatic heterocycles. The van der Waals surface area contributed by atoms with Crippen molar-refractivity contribution in [3.8, 4) is 17.4 Å². The van der Waals surface area contributed by atoms with Crippen LogP contribution in [0.15, 0.2) is 24.5 Å². The Kier molecular flexibility index (Phi) is 5.38. The first kappa shape index (κ1) is 19.0. The normalized spacial score (nSPS) is 17.1. The molecular weight excluding hydrogens is 378 g/mol. The Balaban J connectivity index is 1.77. The Morgan fingerprint density at radius 1 is 1.14 bits per heavy atom. The molecule has 4 rings (SSSR count). The summed E-state index contributed by atoms with van der Waals surface area (Å²) in [7, 11) is 3.27. The summed E-state index contributed by atoms with van der Waals surface area (Å²) in [6.07, 6.45) is 1.46. The number of piperazine rings is 1. The molecule has 9 heteroatoms. The molecule has 1 aromatic carbocycles. The van der Waals surface area contributed by atoms with Gasteiger partial charge in [-0.05, 0) is 24.2 Å². The molecule has 1 aliphatic rings. The molecule has 0 unspecified atom stereocenters. The SMILES string of the molecule is CCN1CCN([C@@H](c2ccc(OC)c(OC)c2)c2sc3ncnn3c2O)CC1. The molecule has 1 atom stereocenters. The van der Waals surface area contributed by atoms with Gasteiger partial charge in [0.05, 0.1) is 25.1 Å². The van der Waals surface area contributed by atoms with Crippen LogP contribution in [0.5, 0.6) is 17.4 Å². The van der Waals surface area contributed by atoms with E-state index in [2.05, 4.69) is 26.8 Å². The molecule has 0 radical (unpaired) electrons. The largest absolute Gasteiger partial charge is 0.493 e.